The van der Waals surface area contributed by atoms with E-state index in [1.165, 1.54) is 0 Å². The maximum Gasteiger partial charge on any atom is 0.339 e. The van der Waals surface area contributed by atoms with E-state index < -0.39 is 11.8 Å². The zero-order valence-electron chi connectivity index (χ0n) is 14.0. The molecule has 1 aromatic carbocycles. The van der Waals surface area contributed by atoms with Crippen LogP contribution in [-0.2, 0) is 20.9 Å². The number of nitrogens with zero attached hydrogens (tertiary/aromatic N) is 1. The molecule has 1 rings (SSSR count). The van der Waals surface area contributed by atoms with Crippen molar-refractivity contribution in [3.8, 4) is 0 Å². The van der Waals surface area contributed by atoms with Gasteiger partial charge >= 0.3 is 5.97 Å². The van der Waals surface area contributed by atoms with Crippen molar-refractivity contribution in [2.45, 2.75) is 26.9 Å². The number of ketones is 1. The van der Waals surface area contributed by atoms with Gasteiger partial charge in [-0.1, -0.05) is 42.8 Å². The molecule has 6 heteroatoms. The highest BCUT2D eigenvalue weighted by Crippen LogP contribution is 2.17. The van der Waals surface area contributed by atoms with Crippen LogP contribution in [0.15, 0.2) is 53.4 Å². The smallest absolute Gasteiger partial charge is 0.339 e. The van der Waals surface area contributed by atoms with Crippen LogP contribution in [0, 0.1) is 0 Å². The molecule has 1 N–H and O–H groups in total. The number of rotatable bonds is 8. The zero-order chi connectivity index (χ0) is 17.4. The van der Waals surface area contributed by atoms with Crippen LogP contribution in [0.2, 0.25) is 0 Å². The number of carboxylic acids is 1. The number of ether oxygens (including phenoxy) is 1. The Kier molecular flexibility index (Phi) is 7.27. The van der Waals surface area contributed by atoms with Gasteiger partial charge in [0.25, 0.3) is 0 Å². The summed E-state index contributed by atoms with van der Waals surface area (Å²) in [5, 5.41) is 9.35. The molecular weight excluding hydrogens is 310 g/mol. The predicted molar refractivity (Wildman–Crippen MR) is 92.6 cm³/mol. The van der Waals surface area contributed by atoms with Crippen LogP contribution in [-0.4, -0.2) is 38.9 Å². The molecule has 0 heterocycles. The average Bonchev–Trinajstić information content (AvgIpc) is 2.51. The lowest BCUT2D eigenvalue weighted by Crippen LogP contribution is -2.20. The number of hydrogen-bond acceptors (Lipinski definition) is 4. The molecule has 124 valence electrons. The van der Waals surface area contributed by atoms with Crippen molar-refractivity contribution in [2.24, 2.45) is 0 Å². The number of hydrogen-bond donors (Lipinski definition) is 1. The molecule has 0 bridgehead atoms. The van der Waals surface area contributed by atoms with Gasteiger partial charge in [0.1, 0.15) is 22.6 Å². The Bertz CT molecular complexity index is 621. The molecule has 0 aliphatic rings. The first-order valence-electron chi connectivity index (χ1n) is 7.39. The van der Waals surface area contributed by atoms with E-state index in [9.17, 15) is 14.7 Å². The average molecular weight is 333 g/mol. The van der Waals surface area contributed by atoms with Gasteiger partial charge in [-0.05, 0) is 26.0 Å². The summed E-state index contributed by atoms with van der Waals surface area (Å²) in [5.41, 5.74) is 1.23. The van der Waals surface area contributed by atoms with Crippen LogP contribution in [0.3, 0.4) is 0 Å². The van der Waals surface area contributed by atoms with E-state index in [-0.39, 0.29) is 17.9 Å². The zero-order valence-corrected chi connectivity index (χ0v) is 16.0. The van der Waals surface area contributed by atoms with Crippen molar-refractivity contribution in [2.75, 3.05) is 7.05 Å². The van der Waals surface area contributed by atoms with Crippen LogP contribution in [0.25, 0.3) is 0 Å². The van der Waals surface area contributed by atoms with Gasteiger partial charge in [-0.15, -0.1) is 0 Å². The summed E-state index contributed by atoms with van der Waals surface area (Å²) in [7, 11) is 2.50. The fourth-order valence-corrected chi connectivity index (χ4v) is 2.14. The van der Waals surface area contributed by atoms with Crippen molar-refractivity contribution in [1.29, 1.82) is 0 Å². The van der Waals surface area contributed by atoms with Crippen molar-refractivity contribution >= 4 is 22.2 Å². The SMILES string of the molecule is CC/C(C)=C(\C(=O)O)C(=O)/C(=C\N(C)[SiH3])OCc1ccccc1. The predicted octanol–water partition coefficient (Wildman–Crippen LogP) is 1.64. The molecule has 0 aliphatic carbocycles. The van der Waals surface area contributed by atoms with Crippen LogP contribution < -0.4 is 0 Å². The third kappa shape index (κ3) is 5.75. The molecule has 0 saturated heterocycles. The van der Waals surface area contributed by atoms with Gasteiger partial charge in [0.05, 0.1) is 0 Å². The Balaban J connectivity index is 3.06. The number of Topliss-reactive ketones (excluding diaryl/α,β-unsaturated/α-hetero) is 1. The minimum absolute atomic E-state index is 0.0524. The van der Waals surface area contributed by atoms with Crippen LogP contribution >= 0.6 is 0 Å². The van der Waals surface area contributed by atoms with Gasteiger partial charge < -0.3 is 14.4 Å². The quantitative estimate of drug-likeness (QED) is 0.257. The van der Waals surface area contributed by atoms with Gasteiger partial charge in [-0.2, -0.15) is 0 Å². The van der Waals surface area contributed by atoms with Crippen molar-refractivity contribution in [3.05, 3.63) is 59.0 Å². The lowest BCUT2D eigenvalue weighted by atomic mass is 10.0. The fraction of sp³-hybridized carbons (Fsp3) is 0.294. The first kappa shape index (κ1) is 18.7. The molecule has 0 aliphatic heterocycles. The van der Waals surface area contributed by atoms with Crippen molar-refractivity contribution < 1.29 is 19.4 Å². The Morgan fingerprint density at radius 3 is 2.39 bits per heavy atom. The second kappa shape index (κ2) is 8.95. The molecule has 0 aromatic heterocycles. The molecule has 1 aromatic rings. The van der Waals surface area contributed by atoms with Gasteiger partial charge in [0, 0.05) is 6.20 Å². The van der Waals surface area contributed by atoms with Crippen LogP contribution in [0.5, 0.6) is 0 Å². The molecule has 0 unspecified atom stereocenters. The minimum Gasteiger partial charge on any atom is -0.483 e. The summed E-state index contributed by atoms with van der Waals surface area (Å²) in [6.07, 6.45) is 2.05. The van der Waals surface area contributed by atoms with E-state index in [1.807, 2.05) is 44.3 Å². The maximum atomic E-state index is 12.6. The van der Waals surface area contributed by atoms with Gasteiger partial charge in [0.2, 0.25) is 5.78 Å². The highest BCUT2D eigenvalue weighted by atomic mass is 28.2. The van der Waals surface area contributed by atoms with E-state index in [1.54, 1.807) is 17.7 Å². The van der Waals surface area contributed by atoms with Crippen molar-refractivity contribution in [3.63, 3.8) is 0 Å². The summed E-state index contributed by atoms with van der Waals surface area (Å²) < 4.78 is 7.41. The summed E-state index contributed by atoms with van der Waals surface area (Å²) in [6, 6.07) is 9.43. The summed E-state index contributed by atoms with van der Waals surface area (Å²) in [6.45, 7) is 3.69. The standard InChI is InChI=1S/C17H23NO4Si/c1-4-12(2)15(17(20)21)16(19)14(10-18(3)23)22-11-13-8-6-5-7-9-13/h5-10H,4,11H2,1-3,23H3,(H,20,21)/b14-10+,15-12-. The lowest BCUT2D eigenvalue weighted by molar-refractivity contribution is -0.134. The third-order valence-electron chi connectivity index (χ3n) is 3.23. The Labute approximate surface area is 139 Å². The molecule has 0 spiro atoms. The van der Waals surface area contributed by atoms with E-state index in [2.05, 4.69) is 0 Å². The number of benzene rings is 1. The Morgan fingerprint density at radius 2 is 1.91 bits per heavy atom. The minimum atomic E-state index is -1.22. The first-order valence-corrected chi connectivity index (χ1v) is 8.29. The Morgan fingerprint density at radius 1 is 1.30 bits per heavy atom. The maximum absolute atomic E-state index is 12.6. The normalized spacial score (nSPS) is 12.6. The monoisotopic (exact) mass is 333 g/mol. The van der Waals surface area contributed by atoms with Crippen LogP contribution in [0.4, 0.5) is 0 Å². The molecule has 0 saturated carbocycles. The summed E-state index contributed by atoms with van der Waals surface area (Å²) >= 11 is 0. The first-order chi connectivity index (χ1) is 10.9. The van der Waals surface area contributed by atoms with E-state index in [0.29, 0.717) is 22.4 Å². The molecule has 23 heavy (non-hydrogen) atoms. The largest absolute Gasteiger partial charge is 0.483 e. The van der Waals surface area contributed by atoms with E-state index in [0.717, 1.165) is 5.56 Å². The second-order valence-electron chi connectivity index (χ2n) is 5.37. The van der Waals surface area contributed by atoms with Gasteiger partial charge in [-0.25, -0.2) is 4.79 Å². The van der Waals surface area contributed by atoms with Gasteiger partial charge in [0.15, 0.2) is 5.76 Å². The highest BCUT2D eigenvalue weighted by Gasteiger charge is 2.25. The third-order valence-corrected chi connectivity index (χ3v) is 3.49. The lowest BCUT2D eigenvalue weighted by Gasteiger charge is -2.14. The topological polar surface area (TPSA) is 66.8 Å². The molecule has 0 fully saturated rings. The van der Waals surface area contributed by atoms with E-state index >= 15 is 0 Å². The highest BCUT2D eigenvalue weighted by molar-refractivity contribution is 6.23. The molecular formula is C17H23NO4Si. The molecule has 0 radical (unpaired) electrons. The molecule has 0 atom stereocenters. The number of aliphatic carboxylic acids is 1. The number of carboxylic acid groups (broad SMARTS) is 1. The number of allylic oxidation sites excluding steroid dienone is 2. The second-order valence-corrected chi connectivity index (χ2v) is 6.79. The molecule has 5 nitrogen and oxygen atoms in total. The van der Waals surface area contributed by atoms with E-state index in [4.69, 9.17) is 4.74 Å². The fourth-order valence-electron chi connectivity index (χ4n) is 1.90. The molecule has 0 amide bonds. The van der Waals surface area contributed by atoms with Crippen LogP contribution in [0.1, 0.15) is 25.8 Å². The number of carbonyl (C=O) groups is 2. The number of carbonyl (C=O) groups excluding carboxylic acids is 1. The van der Waals surface area contributed by atoms with Gasteiger partial charge in [-0.3, -0.25) is 4.79 Å². The van der Waals surface area contributed by atoms with Crippen molar-refractivity contribution in [1.82, 2.24) is 4.57 Å². The summed E-state index contributed by atoms with van der Waals surface area (Å²) in [5.74, 6) is -1.76. The summed E-state index contributed by atoms with van der Waals surface area (Å²) in [4.78, 5) is 24.0. The Hall–Kier alpha value is -2.34.